The fourth-order valence-electron chi connectivity index (χ4n) is 0.836. The van der Waals surface area contributed by atoms with Crippen LogP contribution in [0.3, 0.4) is 0 Å². The summed E-state index contributed by atoms with van der Waals surface area (Å²) in [7, 11) is 0. The number of carboxylic acid groups (broad SMARTS) is 1. The normalized spacial score (nSPS) is 9.31. The second-order valence-electron chi connectivity index (χ2n) is 2.46. The monoisotopic (exact) mass is 178 g/mol. The number of ether oxygens (including phenoxy) is 1. The van der Waals surface area contributed by atoms with E-state index in [1.165, 1.54) is 6.07 Å². The van der Waals surface area contributed by atoms with Crippen molar-refractivity contribution >= 4 is 5.97 Å². The third-order valence-electron chi connectivity index (χ3n) is 1.50. The smallest absolute Gasteiger partial charge is 0.344 e. The highest BCUT2D eigenvalue weighted by Crippen LogP contribution is 2.00. The zero-order chi connectivity index (χ0) is 9.68. The molecular weight excluding hydrogens is 168 g/mol. The lowest BCUT2D eigenvalue weighted by atomic mass is 10.2. The van der Waals surface area contributed by atoms with Gasteiger partial charge in [-0.1, -0.05) is 12.1 Å². The molecule has 0 amide bonds. The Morgan fingerprint density at radius 3 is 2.77 bits per heavy atom. The maximum absolute atomic E-state index is 10.4. The molecule has 0 atom stereocenters. The van der Waals surface area contributed by atoms with Gasteiger partial charge in [-0.2, -0.15) is 0 Å². The van der Waals surface area contributed by atoms with E-state index in [0.29, 0.717) is 13.2 Å². The minimum absolute atomic E-state index is 0.125. The van der Waals surface area contributed by atoms with Crippen molar-refractivity contribution in [2.24, 2.45) is 0 Å². The molecule has 0 aliphatic carbocycles. The van der Waals surface area contributed by atoms with Gasteiger partial charge in [0, 0.05) is 12.2 Å². The third-order valence-corrected chi connectivity index (χ3v) is 1.50. The van der Waals surface area contributed by atoms with Gasteiger partial charge in [-0.05, 0) is 19.1 Å². The van der Waals surface area contributed by atoms with Gasteiger partial charge in [0.15, 0.2) is 0 Å². The van der Waals surface area contributed by atoms with Crippen LogP contribution in [0.1, 0.15) is 22.8 Å². The summed E-state index contributed by atoms with van der Waals surface area (Å²) >= 11 is 0. The van der Waals surface area contributed by atoms with E-state index in [9.17, 15) is 4.79 Å². The van der Waals surface area contributed by atoms with Gasteiger partial charge in [-0.15, -0.1) is 0 Å². The molecule has 1 rings (SSSR count). The maximum atomic E-state index is 10.4. The van der Waals surface area contributed by atoms with E-state index in [1.54, 1.807) is 6.07 Å². The van der Waals surface area contributed by atoms with Crippen LogP contribution < -0.4 is 0 Å². The van der Waals surface area contributed by atoms with Crippen LogP contribution in [-0.2, 0) is 11.3 Å². The van der Waals surface area contributed by atoms with Crippen LogP contribution in [0.2, 0.25) is 0 Å². The summed E-state index contributed by atoms with van der Waals surface area (Å²) in [5.74, 6) is -0.987. The highest BCUT2D eigenvalue weighted by atomic mass is 16.5. The molecule has 0 saturated heterocycles. The first-order chi connectivity index (χ1) is 6.24. The molecule has 0 saturated carbocycles. The van der Waals surface area contributed by atoms with Crippen LogP contribution in [0.25, 0.3) is 0 Å². The summed E-state index contributed by atoms with van der Waals surface area (Å²) in [5.41, 5.74) is 0.937. The summed E-state index contributed by atoms with van der Waals surface area (Å²) in [4.78, 5) is 10.4. The molecule has 0 aliphatic heterocycles. The average molecular weight is 178 g/mol. The minimum atomic E-state index is -0.987. The summed E-state index contributed by atoms with van der Waals surface area (Å²) < 4.78 is 5.12. The second-order valence-corrected chi connectivity index (χ2v) is 2.46. The number of carboxylic acids is 1. The predicted molar refractivity (Wildman–Crippen MR) is 46.4 cm³/mol. The molecule has 0 bridgehead atoms. The molecule has 0 aliphatic rings. The first-order valence-electron chi connectivity index (χ1n) is 3.98. The van der Waals surface area contributed by atoms with Crippen LogP contribution >= 0.6 is 0 Å². The van der Waals surface area contributed by atoms with Crippen LogP contribution in [0, 0.1) is 12.1 Å². The first kappa shape index (κ1) is 9.56. The van der Waals surface area contributed by atoms with Gasteiger partial charge < -0.3 is 9.84 Å². The Bertz CT molecular complexity index is 277. The van der Waals surface area contributed by atoms with Crippen molar-refractivity contribution in [3.63, 3.8) is 0 Å². The molecule has 0 spiro atoms. The fourth-order valence-corrected chi connectivity index (χ4v) is 0.836. The van der Waals surface area contributed by atoms with E-state index in [-0.39, 0.29) is 5.56 Å². The van der Waals surface area contributed by atoms with Crippen molar-refractivity contribution in [1.82, 2.24) is 0 Å². The van der Waals surface area contributed by atoms with E-state index >= 15 is 0 Å². The van der Waals surface area contributed by atoms with E-state index in [4.69, 9.17) is 9.84 Å². The van der Waals surface area contributed by atoms with Crippen molar-refractivity contribution in [1.29, 1.82) is 0 Å². The maximum Gasteiger partial charge on any atom is 0.344 e. The Kier molecular flexibility index (Phi) is 3.30. The Balaban J connectivity index is 2.64. The number of hydrogen-bond acceptors (Lipinski definition) is 2. The Labute approximate surface area is 77.0 Å². The van der Waals surface area contributed by atoms with Gasteiger partial charge in [0.1, 0.15) is 5.56 Å². The van der Waals surface area contributed by atoms with Crippen molar-refractivity contribution < 1.29 is 14.6 Å². The van der Waals surface area contributed by atoms with Gasteiger partial charge in [-0.25, -0.2) is 4.79 Å². The van der Waals surface area contributed by atoms with E-state index in [1.807, 2.05) is 6.92 Å². The summed E-state index contributed by atoms with van der Waals surface area (Å²) in [6.07, 6.45) is 0. The highest BCUT2D eigenvalue weighted by Gasteiger charge is 1.99. The average Bonchev–Trinajstić information content (AvgIpc) is 2.15. The van der Waals surface area contributed by atoms with Crippen LogP contribution in [0.5, 0.6) is 0 Å². The number of aromatic carboxylic acids is 1. The van der Waals surface area contributed by atoms with Crippen molar-refractivity contribution in [3.8, 4) is 0 Å². The predicted octanol–water partition coefficient (Wildman–Crippen LogP) is 1.52. The summed E-state index contributed by atoms with van der Waals surface area (Å²) in [6, 6.07) is 8.43. The van der Waals surface area contributed by atoms with Crippen molar-refractivity contribution in [2.45, 2.75) is 13.5 Å². The lowest BCUT2D eigenvalue weighted by Crippen LogP contribution is -1.95. The lowest BCUT2D eigenvalue weighted by Gasteiger charge is -1.97. The van der Waals surface area contributed by atoms with E-state index in [2.05, 4.69) is 12.1 Å². The second kappa shape index (κ2) is 4.48. The highest BCUT2D eigenvalue weighted by molar-refractivity contribution is 5.86. The molecule has 0 radical (unpaired) electrons. The van der Waals surface area contributed by atoms with Crippen LogP contribution in [0.15, 0.2) is 12.1 Å². The van der Waals surface area contributed by atoms with Gasteiger partial charge in [0.05, 0.1) is 6.61 Å². The number of carbonyl (C=O) groups is 1. The van der Waals surface area contributed by atoms with E-state index < -0.39 is 5.97 Å². The molecule has 3 heteroatoms. The fraction of sp³-hybridized carbons (Fsp3) is 0.300. The molecule has 0 heterocycles. The molecule has 0 unspecified atom stereocenters. The molecule has 3 nitrogen and oxygen atoms in total. The third kappa shape index (κ3) is 2.77. The van der Waals surface area contributed by atoms with Gasteiger partial charge in [-0.3, -0.25) is 0 Å². The number of rotatable bonds is 4. The van der Waals surface area contributed by atoms with Gasteiger partial charge in [0.2, 0.25) is 0 Å². The van der Waals surface area contributed by atoms with E-state index in [0.717, 1.165) is 5.56 Å². The number of hydrogen-bond donors (Lipinski definition) is 1. The molecule has 68 valence electrons. The SMILES string of the molecule is CCOCc1c#cc(C(=O)O)cc1. The first-order valence-corrected chi connectivity index (χ1v) is 3.98. The summed E-state index contributed by atoms with van der Waals surface area (Å²) in [6.45, 7) is 2.98. The molecular formula is C10H10O3. The molecule has 1 aromatic rings. The Hall–Kier alpha value is -1.53. The van der Waals surface area contributed by atoms with Crippen LogP contribution in [0.4, 0.5) is 0 Å². The standard InChI is InChI=1S/C10H10O3/c1-2-13-7-8-3-5-9(6-4-8)10(11)12/h3,5H,2,7H2,1H3,(H,11,12). The van der Waals surface area contributed by atoms with Crippen molar-refractivity contribution in [3.05, 3.63) is 35.4 Å². The van der Waals surface area contributed by atoms with Crippen LogP contribution in [-0.4, -0.2) is 17.7 Å². The zero-order valence-electron chi connectivity index (χ0n) is 7.33. The molecule has 13 heavy (non-hydrogen) atoms. The lowest BCUT2D eigenvalue weighted by molar-refractivity contribution is 0.0696. The largest absolute Gasteiger partial charge is 0.477 e. The molecule has 1 N–H and O–H groups in total. The minimum Gasteiger partial charge on any atom is -0.477 e. The Morgan fingerprint density at radius 2 is 2.31 bits per heavy atom. The van der Waals surface area contributed by atoms with Gasteiger partial charge in [0.25, 0.3) is 0 Å². The molecule has 1 aromatic carbocycles. The zero-order valence-corrected chi connectivity index (χ0v) is 7.33. The van der Waals surface area contributed by atoms with Crippen molar-refractivity contribution in [2.75, 3.05) is 6.61 Å². The van der Waals surface area contributed by atoms with Gasteiger partial charge >= 0.3 is 5.97 Å². The molecule has 0 fully saturated rings. The topological polar surface area (TPSA) is 46.5 Å². The quantitative estimate of drug-likeness (QED) is 0.760. The molecule has 0 aromatic heterocycles. The Morgan fingerprint density at radius 1 is 1.54 bits per heavy atom. The summed E-state index contributed by atoms with van der Waals surface area (Å²) in [5, 5.41) is 8.57.